The molecule has 1 aliphatic heterocycles. The fourth-order valence-corrected chi connectivity index (χ4v) is 3.95. The number of rotatable bonds is 4. The number of nitriles is 1. The van der Waals surface area contributed by atoms with Crippen LogP contribution >= 0.6 is 0 Å². The van der Waals surface area contributed by atoms with Crippen LogP contribution in [-0.2, 0) is 4.74 Å². The number of hydrogen-bond donors (Lipinski definition) is 1. The first-order chi connectivity index (χ1) is 15.3. The molecule has 0 saturated carbocycles. The van der Waals surface area contributed by atoms with Gasteiger partial charge in [0.25, 0.3) is 0 Å². The summed E-state index contributed by atoms with van der Waals surface area (Å²) < 4.78 is 11.0. The van der Waals surface area contributed by atoms with Gasteiger partial charge in [0.1, 0.15) is 17.7 Å². The Bertz CT molecular complexity index is 1270. The summed E-state index contributed by atoms with van der Waals surface area (Å²) in [6.07, 6.45) is 1.53. The standard InChI is InChI=1S/C24H21N5O2/c1-30-22-7-2-16(14-25)12-19(22)23-20-13-21(28-24(20)27-15-26-23)17-3-5-18(6-4-17)29-8-10-31-11-9-29/h2-7,12-13,15H,8-11H2,1H3,(H,26,27,28). The molecule has 0 amide bonds. The van der Waals surface area contributed by atoms with E-state index in [-0.39, 0.29) is 0 Å². The number of methoxy groups -OCH3 is 1. The van der Waals surface area contributed by atoms with E-state index in [4.69, 9.17) is 9.47 Å². The number of aromatic amines is 1. The highest BCUT2D eigenvalue weighted by molar-refractivity contribution is 5.95. The van der Waals surface area contributed by atoms with Crippen LogP contribution in [0.15, 0.2) is 54.9 Å². The van der Waals surface area contributed by atoms with Gasteiger partial charge >= 0.3 is 0 Å². The number of aromatic nitrogens is 3. The molecule has 7 heteroatoms. The van der Waals surface area contributed by atoms with Gasteiger partial charge in [0.15, 0.2) is 0 Å². The summed E-state index contributed by atoms with van der Waals surface area (Å²) in [4.78, 5) is 14.6. The zero-order valence-corrected chi connectivity index (χ0v) is 17.1. The van der Waals surface area contributed by atoms with E-state index < -0.39 is 0 Å². The molecule has 1 N–H and O–H groups in total. The van der Waals surface area contributed by atoms with E-state index in [0.29, 0.717) is 11.3 Å². The van der Waals surface area contributed by atoms with Gasteiger partial charge in [-0.05, 0) is 42.0 Å². The number of benzene rings is 2. The third-order valence-electron chi connectivity index (χ3n) is 5.56. The average Bonchev–Trinajstić information content (AvgIpc) is 3.29. The molecule has 0 radical (unpaired) electrons. The summed E-state index contributed by atoms with van der Waals surface area (Å²) in [7, 11) is 1.61. The third kappa shape index (κ3) is 3.58. The molecule has 0 aliphatic carbocycles. The Kier molecular flexibility index (Phi) is 4.98. The topological polar surface area (TPSA) is 87.1 Å². The average molecular weight is 411 g/mol. The minimum atomic E-state index is 0.553. The second kappa shape index (κ2) is 8.09. The van der Waals surface area contributed by atoms with Gasteiger partial charge in [-0.1, -0.05) is 12.1 Å². The minimum absolute atomic E-state index is 0.553. The van der Waals surface area contributed by atoms with Crippen LogP contribution in [0, 0.1) is 11.3 Å². The van der Waals surface area contributed by atoms with Crippen molar-refractivity contribution < 1.29 is 9.47 Å². The molecule has 2 aromatic heterocycles. The second-order valence-corrected chi connectivity index (χ2v) is 7.34. The molecule has 0 unspecified atom stereocenters. The molecule has 154 valence electrons. The number of morpholine rings is 1. The van der Waals surface area contributed by atoms with Crippen molar-refractivity contribution in [2.75, 3.05) is 38.3 Å². The van der Waals surface area contributed by atoms with Crippen molar-refractivity contribution in [3.05, 3.63) is 60.4 Å². The molecular formula is C24H21N5O2. The lowest BCUT2D eigenvalue weighted by molar-refractivity contribution is 0.122. The number of fused-ring (bicyclic) bond motifs is 1. The minimum Gasteiger partial charge on any atom is -0.496 e. The van der Waals surface area contributed by atoms with E-state index in [0.717, 1.165) is 59.9 Å². The highest BCUT2D eigenvalue weighted by Crippen LogP contribution is 2.35. The SMILES string of the molecule is COc1ccc(C#N)cc1-c1ncnc2[nH]c(-c3ccc(N4CCOCC4)cc3)cc12. The Hall–Kier alpha value is -3.89. The van der Waals surface area contributed by atoms with Gasteiger partial charge in [-0.15, -0.1) is 0 Å². The van der Waals surface area contributed by atoms with Gasteiger partial charge < -0.3 is 19.4 Å². The van der Waals surface area contributed by atoms with Crippen LogP contribution in [0.1, 0.15) is 5.56 Å². The fraction of sp³-hybridized carbons (Fsp3) is 0.208. The molecule has 2 aromatic carbocycles. The van der Waals surface area contributed by atoms with Crippen LogP contribution in [0.25, 0.3) is 33.5 Å². The summed E-state index contributed by atoms with van der Waals surface area (Å²) >= 11 is 0. The fourth-order valence-electron chi connectivity index (χ4n) is 3.95. The molecule has 5 rings (SSSR count). The predicted molar refractivity (Wildman–Crippen MR) is 119 cm³/mol. The predicted octanol–water partition coefficient (Wildman–Crippen LogP) is 4.01. The molecule has 0 bridgehead atoms. The van der Waals surface area contributed by atoms with Gasteiger partial charge in [-0.25, -0.2) is 9.97 Å². The molecule has 31 heavy (non-hydrogen) atoms. The zero-order chi connectivity index (χ0) is 21.2. The summed E-state index contributed by atoms with van der Waals surface area (Å²) in [5, 5.41) is 10.2. The monoisotopic (exact) mass is 411 g/mol. The Morgan fingerprint density at radius 3 is 2.61 bits per heavy atom. The van der Waals surface area contributed by atoms with Gasteiger partial charge in [-0.3, -0.25) is 0 Å². The Morgan fingerprint density at radius 2 is 1.87 bits per heavy atom. The normalized spacial score (nSPS) is 13.9. The van der Waals surface area contributed by atoms with Crippen LogP contribution in [-0.4, -0.2) is 48.4 Å². The number of nitrogens with zero attached hydrogens (tertiary/aromatic N) is 4. The zero-order valence-electron chi connectivity index (χ0n) is 17.1. The van der Waals surface area contributed by atoms with Crippen molar-refractivity contribution in [3.63, 3.8) is 0 Å². The maximum absolute atomic E-state index is 9.32. The van der Waals surface area contributed by atoms with Crippen molar-refractivity contribution >= 4 is 16.7 Å². The molecule has 1 aliphatic rings. The van der Waals surface area contributed by atoms with Crippen LogP contribution in [0.2, 0.25) is 0 Å². The van der Waals surface area contributed by atoms with E-state index in [9.17, 15) is 5.26 Å². The van der Waals surface area contributed by atoms with Gasteiger partial charge in [-0.2, -0.15) is 5.26 Å². The van der Waals surface area contributed by atoms with Gasteiger partial charge in [0.2, 0.25) is 0 Å². The highest BCUT2D eigenvalue weighted by Gasteiger charge is 2.16. The summed E-state index contributed by atoms with van der Waals surface area (Å²) in [6.45, 7) is 3.35. The number of H-pyrrole nitrogens is 1. The van der Waals surface area contributed by atoms with Crippen LogP contribution in [0.3, 0.4) is 0 Å². The molecule has 4 aromatic rings. The van der Waals surface area contributed by atoms with Crippen molar-refractivity contribution in [2.24, 2.45) is 0 Å². The quantitative estimate of drug-likeness (QED) is 0.546. The smallest absolute Gasteiger partial charge is 0.141 e. The maximum Gasteiger partial charge on any atom is 0.141 e. The van der Waals surface area contributed by atoms with Gasteiger partial charge in [0.05, 0.1) is 37.7 Å². The van der Waals surface area contributed by atoms with Crippen molar-refractivity contribution in [3.8, 4) is 34.3 Å². The van der Waals surface area contributed by atoms with Crippen LogP contribution in [0.4, 0.5) is 5.69 Å². The van der Waals surface area contributed by atoms with E-state index in [1.165, 1.54) is 12.0 Å². The molecule has 0 spiro atoms. The lowest BCUT2D eigenvalue weighted by atomic mass is 10.0. The van der Waals surface area contributed by atoms with E-state index in [1.54, 1.807) is 25.3 Å². The Labute approximate surface area is 179 Å². The summed E-state index contributed by atoms with van der Waals surface area (Å²) in [6, 6.07) is 18.0. The van der Waals surface area contributed by atoms with Crippen molar-refractivity contribution in [1.82, 2.24) is 15.0 Å². The molecule has 0 atom stereocenters. The molecule has 3 heterocycles. The molecule has 1 fully saturated rings. The number of ether oxygens (including phenoxy) is 2. The van der Waals surface area contributed by atoms with E-state index in [1.807, 2.05) is 6.07 Å². The number of anilines is 1. The first kappa shape index (κ1) is 19.1. The van der Waals surface area contributed by atoms with Crippen molar-refractivity contribution in [1.29, 1.82) is 5.26 Å². The molecular weight excluding hydrogens is 390 g/mol. The van der Waals surface area contributed by atoms with E-state index in [2.05, 4.69) is 50.2 Å². The van der Waals surface area contributed by atoms with Crippen LogP contribution < -0.4 is 9.64 Å². The Balaban J connectivity index is 1.54. The number of nitrogens with one attached hydrogen (secondary N) is 1. The highest BCUT2D eigenvalue weighted by atomic mass is 16.5. The lowest BCUT2D eigenvalue weighted by Gasteiger charge is -2.28. The van der Waals surface area contributed by atoms with Crippen LogP contribution in [0.5, 0.6) is 5.75 Å². The second-order valence-electron chi connectivity index (χ2n) is 7.34. The molecule has 7 nitrogen and oxygen atoms in total. The molecule has 1 saturated heterocycles. The maximum atomic E-state index is 9.32. The van der Waals surface area contributed by atoms with Gasteiger partial charge in [0, 0.05) is 35.4 Å². The first-order valence-corrected chi connectivity index (χ1v) is 10.1. The largest absolute Gasteiger partial charge is 0.496 e. The first-order valence-electron chi connectivity index (χ1n) is 10.1. The Morgan fingerprint density at radius 1 is 1.06 bits per heavy atom. The third-order valence-corrected chi connectivity index (χ3v) is 5.56. The van der Waals surface area contributed by atoms with E-state index >= 15 is 0 Å². The summed E-state index contributed by atoms with van der Waals surface area (Å²) in [5.41, 5.74) is 6.01. The van der Waals surface area contributed by atoms with Crippen molar-refractivity contribution in [2.45, 2.75) is 0 Å². The number of hydrogen-bond acceptors (Lipinski definition) is 6. The summed E-state index contributed by atoms with van der Waals surface area (Å²) in [5.74, 6) is 0.664. The lowest BCUT2D eigenvalue weighted by Crippen LogP contribution is -2.36.